The van der Waals surface area contributed by atoms with Gasteiger partial charge in [-0.25, -0.2) is 0 Å². The zero-order chi connectivity index (χ0) is 34.6. The van der Waals surface area contributed by atoms with Gasteiger partial charge in [-0.3, -0.25) is 14.5 Å². The quantitative estimate of drug-likeness (QED) is 0.248. The molecule has 3 fully saturated rings. The number of ether oxygens (including phenoxy) is 2. The number of carboxylic acids is 1. The number of nitrogens with two attached hydrogens (primary N) is 1. The van der Waals surface area contributed by atoms with E-state index in [0.29, 0.717) is 75.6 Å². The molecule has 0 radical (unpaired) electrons. The van der Waals surface area contributed by atoms with E-state index in [0.717, 1.165) is 25.2 Å². The van der Waals surface area contributed by atoms with Crippen LogP contribution < -0.4 is 26.0 Å². The molecule has 6 rings (SSSR count). The van der Waals surface area contributed by atoms with E-state index in [4.69, 9.17) is 15.2 Å². The van der Waals surface area contributed by atoms with Crippen molar-refractivity contribution in [2.24, 2.45) is 5.41 Å². The highest BCUT2D eigenvalue weighted by molar-refractivity contribution is 5.94. The number of nitrogens with one attached hydrogen (secondary N) is 2. The molecule has 12 nitrogen and oxygen atoms in total. The monoisotopic (exact) mass is 683 g/mol. The van der Waals surface area contributed by atoms with Crippen molar-refractivity contribution >= 4 is 23.6 Å². The van der Waals surface area contributed by atoms with E-state index in [9.17, 15) is 27.9 Å². The first-order valence-corrected chi connectivity index (χ1v) is 16.4. The van der Waals surface area contributed by atoms with E-state index < -0.39 is 24.3 Å². The van der Waals surface area contributed by atoms with Crippen LogP contribution in [0.4, 0.5) is 24.9 Å². The van der Waals surface area contributed by atoms with Gasteiger partial charge in [-0.15, -0.1) is 0 Å². The number of hydrogen-bond acceptors (Lipinski definition) is 10. The number of aromatic nitrogens is 2. The Labute approximate surface area is 281 Å². The Morgan fingerprint density at radius 2 is 1.69 bits per heavy atom. The van der Waals surface area contributed by atoms with E-state index >= 15 is 0 Å². The van der Waals surface area contributed by atoms with Crippen LogP contribution >= 0.6 is 0 Å². The molecule has 0 saturated carbocycles. The second-order valence-corrected chi connectivity index (χ2v) is 12.8. The van der Waals surface area contributed by atoms with Crippen LogP contribution in [-0.4, -0.2) is 103 Å². The SMILES string of the molecule is Nc1nc(O[C@H](c2ccc(-c3ccc(C(=O)NCCN4CCOCC4)cc3)cc2)C(F)(F)F)cc(N2CCC3(CC2)CNC(C(=O)O)C3)n1. The highest BCUT2D eigenvalue weighted by atomic mass is 19.4. The van der Waals surface area contributed by atoms with E-state index in [1.807, 2.05) is 4.90 Å². The van der Waals surface area contributed by atoms with E-state index in [2.05, 4.69) is 25.5 Å². The van der Waals surface area contributed by atoms with Crippen LogP contribution in [0.25, 0.3) is 11.1 Å². The topological polar surface area (TPSA) is 155 Å². The minimum Gasteiger partial charge on any atom is -0.480 e. The highest BCUT2D eigenvalue weighted by Crippen LogP contribution is 2.41. The Balaban J connectivity index is 1.08. The van der Waals surface area contributed by atoms with Crippen molar-refractivity contribution < 1.29 is 37.3 Å². The second kappa shape index (κ2) is 14.6. The molecule has 3 aromatic rings. The van der Waals surface area contributed by atoms with Gasteiger partial charge in [0, 0.05) is 63.0 Å². The molecule has 1 spiro atoms. The summed E-state index contributed by atoms with van der Waals surface area (Å²) >= 11 is 0. The Kier molecular flexibility index (Phi) is 10.2. The van der Waals surface area contributed by atoms with Gasteiger partial charge >= 0.3 is 12.1 Å². The third-order valence-corrected chi connectivity index (χ3v) is 9.56. The van der Waals surface area contributed by atoms with Crippen LogP contribution in [0, 0.1) is 5.41 Å². The van der Waals surface area contributed by atoms with Crippen molar-refractivity contribution in [3.63, 3.8) is 0 Å². The maximum absolute atomic E-state index is 14.3. The fourth-order valence-electron chi connectivity index (χ4n) is 6.70. The molecule has 49 heavy (non-hydrogen) atoms. The molecule has 2 aromatic carbocycles. The Morgan fingerprint density at radius 1 is 1.04 bits per heavy atom. The van der Waals surface area contributed by atoms with Gasteiger partial charge in [-0.1, -0.05) is 36.4 Å². The summed E-state index contributed by atoms with van der Waals surface area (Å²) in [7, 11) is 0. The smallest absolute Gasteiger partial charge is 0.429 e. The zero-order valence-electron chi connectivity index (χ0n) is 26.9. The van der Waals surface area contributed by atoms with Crippen LogP contribution in [0.5, 0.6) is 5.88 Å². The van der Waals surface area contributed by atoms with Crippen LogP contribution in [0.1, 0.15) is 41.3 Å². The average molecular weight is 684 g/mol. The number of nitrogen functional groups attached to an aromatic ring is 1. The number of amides is 1. The van der Waals surface area contributed by atoms with Crippen LogP contribution in [-0.2, 0) is 9.53 Å². The number of aliphatic carboxylic acids is 1. The summed E-state index contributed by atoms with van der Waals surface area (Å²) in [6.45, 7) is 5.99. The van der Waals surface area contributed by atoms with E-state index in [-0.39, 0.29) is 28.7 Å². The summed E-state index contributed by atoms with van der Waals surface area (Å²) in [6.07, 6.45) is -5.14. The number of halogens is 3. The molecule has 3 aliphatic heterocycles. The number of carboxylic acid groups (broad SMARTS) is 1. The van der Waals surface area contributed by atoms with Gasteiger partial charge in [0.05, 0.1) is 13.2 Å². The van der Waals surface area contributed by atoms with Crippen molar-refractivity contribution in [3.8, 4) is 17.0 Å². The minimum atomic E-state index is -4.76. The first kappa shape index (κ1) is 34.4. The van der Waals surface area contributed by atoms with Crippen molar-refractivity contribution in [2.45, 2.75) is 37.6 Å². The largest absolute Gasteiger partial charge is 0.480 e. The number of nitrogens with zero attached hydrogens (tertiary/aromatic N) is 4. The van der Waals surface area contributed by atoms with Crippen LogP contribution in [0.15, 0.2) is 54.6 Å². The summed E-state index contributed by atoms with van der Waals surface area (Å²) in [6, 6.07) is 13.5. The van der Waals surface area contributed by atoms with E-state index in [1.165, 1.54) is 18.2 Å². The fourth-order valence-corrected chi connectivity index (χ4v) is 6.70. The van der Waals surface area contributed by atoms with Gasteiger partial charge in [0.15, 0.2) is 0 Å². The van der Waals surface area contributed by atoms with Crippen LogP contribution in [0.3, 0.4) is 0 Å². The Hall–Kier alpha value is -4.47. The molecule has 1 aromatic heterocycles. The lowest BCUT2D eigenvalue weighted by Crippen LogP contribution is -2.41. The first-order chi connectivity index (χ1) is 23.5. The third-order valence-electron chi connectivity index (χ3n) is 9.56. The number of piperidine rings is 1. The molecule has 3 aliphatic rings. The summed E-state index contributed by atoms with van der Waals surface area (Å²) in [5, 5.41) is 15.3. The maximum Gasteiger partial charge on any atom is 0.429 e. The highest BCUT2D eigenvalue weighted by Gasteiger charge is 2.45. The number of carbonyl (C=O) groups excluding carboxylic acids is 1. The maximum atomic E-state index is 14.3. The number of benzene rings is 2. The molecule has 2 atom stereocenters. The molecule has 15 heteroatoms. The normalized spacial score (nSPS) is 20.2. The molecule has 4 heterocycles. The lowest BCUT2D eigenvalue weighted by Gasteiger charge is -2.39. The number of anilines is 2. The van der Waals surface area contributed by atoms with E-state index in [1.54, 1.807) is 36.4 Å². The van der Waals surface area contributed by atoms with Gasteiger partial charge in [0.25, 0.3) is 5.91 Å². The zero-order valence-corrected chi connectivity index (χ0v) is 26.9. The molecule has 3 saturated heterocycles. The Bertz CT molecular complexity index is 1610. The lowest BCUT2D eigenvalue weighted by atomic mass is 9.76. The summed E-state index contributed by atoms with van der Waals surface area (Å²) in [5.41, 5.74) is 7.55. The third kappa shape index (κ3) is 8.40. The molecular weight excluding hydrogens is 643 g/mol. The number of morpholine rings is 1. The van der Waals surface area contributed by atoms with Gasteiger partial charge in [-0.05, 0) is 47.9 Å². The number of carbonyl (C=O) groups is 2. The summed E-state index contributed by atoms with van der Waals surface area (Å²) < 4.78 is 53.8. The van der Waals surface area contributed by atoms with Crippen molar-refractivity contribution in [3.05, 3.63) is 65.7 Å². The van der Waals surface area contributed by atoms with Crippen LogP contribution in [0.2, 0.25) is 0 Å². The predicted molar refractivity (Wildman–Crippen MR) is 175 cm³/mol. The molecule has 0 aliphatic carbocycles. The number of hydrogen-bond donors (Lipinski definition) is 4. The first-order valence-electron chi connectivity index (χ1n) is 16.4. The van der Waals surface area contributed by atoms with Gasteiger partial charge in [0.2, 0.25) is 17.9 Å². The summed E-state index contributed by atoms with van der Waals surface area (Å²) in [4.78, 5) is 36.3. The molecule has 1 amide bonds. The molecule has 262 valence electrons. The van der Waals surface area contributed by atoms with Crippen molar-refractivity contribution in [1.29, 1.82) is 0 Å². The standard InChI is InChI=1S/C34H40F3N7O5/c35-34(36,37)29(49-28-19-27(41-32(38)42-28)44-12-9-33(10-13-44)20-26(31(46)47)40-21-33)24-5-1-22(2-6-24)23-3-7-25(8-4-23)30(45)39-11-14-43-15-17-48-18-16-43/h1-8,19,26,29,40H,9-18,20-21H2,(H,39,45)(H,46,47)(H2,38,41,42)/t26?,29-/m1/s1. The predicted octanol–water partition coefficient (Wildman–Crippen LogP) is 3.50. The lowest BCUT2D eigenvalue weighted by molar-refractivity contribution is -0.198. The fraction of sp³-hybridized carbons (Fsp3) is 0.471. The molecule has 0 bridgehead atoms. The second-order valence-electron chi connectivity index (χ2n) is 12.8. The molecule has 5 N–H and O–H groups in total. The van der Waals surface area contributed by atoms with Gasteiger partial charge < -0.3 is 35.8 Å². The number of alkyl halides is 3. The Morgan fingerprint density at radius 3 is 2.31 bits per heavy atom. The van der Waals surface area contributed by atoms with Gasteiger partial charge in [-0.2, -0.15) is 23.1 Å². The van der Waals surface area contributed by atoms with Gasteiger partial charge in [0.1, 0.15) is 11.9 Å². The molecule has 1 unspecified atom stereocenters. The molecular formula is C34H40F3N7O5. The summed E-state index contributed by atoms with van der Waals surface area (Å²) in [5.74, 6) is -1.24. The minimum absolute atomic E-state index is 0.118. The van der Waals surface area contributed by atoms with Crippen molar-refractivity contribution in [2.75, 3.05) is 69.7 Å². The number of rotatable bonds is 10. The average Bonchev–Trinajstić information content (AvgIpc) is 3.51. The van der Waals surface area contributed by atoms with Crippen molar-refractivity contribution in [1.82, 2.24) is 25.5 Å².